The highest BCUT2D eigenvalue weighted by Crippen LogP contribution is 2.40. The number of likely N-dealkylation sites (tertiary alicyclic amines) is 1. The van der Waals surface area contributed by atoms with Gasteiger partial charge in [0, 0.05) is 80.1 Å². The number of aromatic amines is 1. The molecule has 0 unspecified atom stereocenters. The van der Waals surface area contributed by atoms with Gasteiger partial charge in [-0.05, 0) is 69.2 Å². The lowest BCUT2D eigenvalue weighted by molar-refractivity contribution is -0.142. The van der Waals surface area contributed by atoms with E-state index in [0.29, 0.717) is 49.0 Å². The Morgan fingerprint density at radius 2 is 1.46 bits per heavy atom. The number of rotatable bonds is 5. The number of nitrogens with one attached hydrogen (secondary N) is 1. The average Bonchev–Trinajstić information content (AvgIpc) is 4.07. The number of urea groups is 1. The molecule has 0 bridgehead atoms. The third-order valence-electron chi connectivity index (χ3n) is 12.2. The summed E-state index contributed by atoms with van der Waals surface area (Å²) >= 11 is 0. The number of terminal acetylenes is 1. The second kappa shape index (κ2) is 15.7. The number of carboxylic acids is 1. The molecule has 0 radical (unpaired) electrons. The van der Waals surface area contributed by atoms with E-state index in [1.54, 1.807) is 31.4 Å². The SMILES string of the molecule is C#Cc1cccc2cc(-c3nc(C4CCC(C(=O)O)CC4)n4ccnc(N)c34)[nH]c12.Cc1cccc2cc(-c3nc(C4CCN(C(=O)N(C)C)CC4)n4ccnc(N)c34)oc12. The molecule has 1 aliphatic heterocycles. The topological polar surface area (TPSA) is 202 Å². The number of benzene rings is 2. The van der Waals surface area contributed by atoms with Crippen LogP contribution in [0.25, 0.3) is 55.7 Å². The van der Waals surface area contributed by atoms with Crippen molar-refractivity contribution < 1.29 is 19.1 Å². The lowest BCUT2D eigenvalue weighted by Crippen LogP contribution is -2.43. The highest BCUT2D eigenvalue weighted by molar-refractivity contribution is 5.94. The summed E-state index contributed by atoms with van der Waals surface area (Å²) in [6.07, 6.45) is 17.4. The van der Waals surface area contributed by atoms with Crippen molar-refractivity contribution in [2.45, 2.75) is 57.3 Å². The number of aliphatic carboxylic acids is 1. The number of fused-ring (bicyclic) bond motifs is 4. The zero-order chi connectivity index (χ0) is 42.5. The highest BCUT2D eigenvalue weighted by atomic mass is 16.4. The summed E-state index contributed by atoms with van der Waals surface area (Å²) in [7, 11) is 3.57. The summed E-state index contributed by atoms with van der Waals surface area (Å²) in [6.45, 7) is 3.44. The van der Waals surface area contributed by atoms with E-state index in [4.69, 9.17) is 32.3 Å². The second-order valence-corrected chi connectivity index (χ2v) is 16.2. The molecule has 61 heavy (non-hydrogen) atoms. The molecule has 2 fully saturated rings. The van der Waals surface area contributed by atoms with Gasteiger partial charge in [-0.2, -0.15) is 0 Å². The van der Waals surface area contributed by atoms with Crippen LogP contribution in [-0.2, 0) is 4.79 Å². The molecule has 2 aliphatic rings. The number of carbonyl (C=O) groups is 2. The number of hydrogen-bond donors (Lipinski definition) is 4. The molecule has 7 heterocycles. The first-order chi connectivity index (χ1) is 29.5. The van der Waals surface area contributed by atoms with Gasteiger partial charge in [0.05, 0.1) is 17.1 Å². The maximum Gasteiger partial charge on any atom is 0.319 e. The number of nitrogens with two attached hydrogens (primary N) is 2. The number of hydrogen-bond acceptors (Lipinski definition) is 9. The van der Waals surface area contributed by atoms with Gasteiger partial charge >= 0.3 is 12.0 Å². The van der Waals surface area contributed by atoms with Crippen molar-refractivity contribution in [1.29, 1.82) is 0 Å². The van der Waals surface area contributed by atoms with Crippen molar-refractivity contribution in [3.05, 3.63) is 96.1 Å². The van der Waals surface area contributed by atoms with Crippen molar-refractivity contribution in [2.75, 3.05) is 38.7 Å². The van der Waals surface area contributed by atoms with Gasteiger partial charge in [-0.3, -0.25) is 13.6 Å². The number of aryl methyl sites for hydroxylation is 1. The molecular formula is C46H47N11O4. The van der Waals surface area contributed by atoms with Crippen molar-refractivity contribution >= 4 is 56.5 Å². The molecule has 1 aliphatic carbocycles. The fraction of sp³-hybridized carbons (Fsp3) is 0.304. The first kappa shape index (κ1) is 39.1. The summed E-state index contributed by atoms with van der Waals surface area (Å²) in [5.41, 5.74) is 19.9. The van der Waals surface area contributed by atoms with Crippen LogP contribution in [0.1, 0.15) is 73.1 Å². The quantitative estimate of drug-likeness (QED) is 0.125. The van der Waals surface area contributed by atoms with Gasteiger partial charge in [0.2, 0.25) is 0 Å². The molecule has 1 saturated carbocycles. The lowest BCUT2D eigenvalue weighted by atomic mass is 9.81. The first-order valence-corrected chi connectivity index (χ1v) is 20.5. The highest BCUT2D eigenvalue weighted by Gasteiger charge is 2.32. The Labute approximate surface area is 351 Å². The van der Waals surface area contributed by atoms with Crippen LogP contribution in [0.4, 0.5) is 16.4 Å². The molecular weight excluding hydrogens is 771 g/mol. The van der Waals surface area contributed by atoms with Gasteiger partial charge in [-0.25, -0.2) is 24.7 Å². The molecule has 15 heteroatoms. The molecule has 8 aromatic rings. The predicted octanol–water partition coefficient (Wildman–Crippen LogP) is 7.69. The van der Waals surface area contributed by atoms with Crippen molar-refractivity contribution in [1.82, 2.24) is 43.5 Å². The maximum absolute atomic E-state index is 12.3. The van der Waals surface area contributed by atoms with Crippen molar-refractivity contribution in [2.24, 2.45) is 5.92 Å². The Hall–Kier alpha value is -7.34. The van der Waals surface area contributed by atoms with E-state index in [0.717, 1.165) is 92.8 Å². The number of carboxylic acid groups (broad SMARTS) is 1. The number of aromatic nitrogens is 7. The van der Waals surface area contributed by atoms with Crippen LogP contribution in [0.2, 0.25) is 0 Å². The molecule has 310 valence electrons. The number of H-pyrrole nitrogens is 1. The van der Waals surface area contributed by atoms with Crippen LogP contribution in [-0.4, -0.2) is 87.8 Å². The van der Waals surface area contributed by atoms with Crippen LogP contribution >= 0.6 is 0 Å². The fourth-order valence-electron chi connectivity index (χ4n) is 9.05. The number of amides is 2. The summed E-state index contributed by atoms with van der Waals surface area (Å²) in [5.74, 6) is 5.48. The third kappa shape index (κ3) is 7.03. The van der Waals surface area contributed by atoms with Crippen LogP contribution in [0.5, 0.6) is 0 Å². The summed E-state index contributed by atoms with van der Waals surface area (Å²) < 4.78 is 10.2. The summed E-state index contributed by atoms with van der Waals surface area (Å²) in [5, 5.41) is 11.3. The Morgan fingerprint density at radius 1 is 0.852 bits per heavy atom. The van der Waals surface area contributed by atoms with Gasteiger partial charge in [-0.15, -0.1) is 6.42 Å². The standard InChI is InChI=1S/C23H26N6O2.C23H21N5O2/c1-14-5-4-6-16-13-17(31-20(14)16)18-19-21(24)25-9-12-29(19)22(26-18)15-7-10-28(11-8-15)23(30)27(2)3;1-2-13-4-3-5-16-12-17(26-18(13)16)19-20-21(24)25-10-11-28(20)22(27-19)14-6-8-15(9-7-14)23(29)30/h4-6,9,12-13,15H,7-8,10-11H2,1-3H3,(H2,24,25);1,3-5,10-12,14-15,26H,6-9H2,(H2,24,25)(H,29,30). The summed E-state index contributed by atoms with van der Waals surface area (Å²) in [6, 6.07) is 16.0. The molecule has 6 aromatic heterocycles. The van der Waals surface area contributed by atoms with E-state index in [9.17, 15) is 14.7 Å². The molecule has 0 atom stereocenters. The number of furan rings is 1. The fourth-order valence-corrected chi connectivity index (χ4v) is 9.05. The van der Waals surface area contributed by atoms with E-state index in [2.05, 4.69) is 20.9 Å². The molecule has 1 saturated heterocycles. The molecule has 2 aromatic carbocycles. The minimum Gasteiger partial charge on any atom is -0.481 e. The van der Waals surface area contributed by atoms with E-state index in [-0.39, 0.29) is 23.8 Å². The Kier molecular flexibility index (Phi) is 10.1. The Bertz CT molecular complexity index is 3010. The zero-order valence-electron chi connectivity index (χ0n) is 34.3. The second-order valence-electron chi connectivity index (χ2n) is 16.2. The summed E-state index contributed by atoms with van der Waals surface area (Å²) in [4.78, 5) is 49.1. The minimum absolute atomic E-state index is 0.0539. The van der Waals surface area contributed by atoms with Gasteiger partial charge in [0.1, 0.15) is 51.3 Å². The van der Waals surface area contributed by atoms with Crippen LogP contribution in [0.3, 0.4) is 0 Å². The smallest absolute Gasteiger partial charge is 0.319 e. The monoisotopic (exact) mass is 817 g/mol. The van der Waals surface area contributed by atoms with Gasteiger partial charge in [0.15, 0.2) is 5.76 Å². The molecule has 10 rings (SSSR count). The normalized spacial score (nSPS) is 17.1. The Morgan fingerprint density at radius 3 is 2.08 bits per heavy atom. The first-order valence-electron chi connectivity index (χ1n) is 20.5. The number of nitrogens with zero attached hydrogens (tertiary/aromatic N) is 8. The Balaban J connectivity index is 0.000000156. The number of piperidine rings is 1. The van der Waals surface area contributed by atoms with Crippen molar-refractivity contribution in [3.63, 3.8) is 0 Å². The van der Waals surface area contributed by atoms with Crippen molar-refractivity contribution in [3.8, 4) is 35.2 Å². The van der Waals surface area contributed by atoms with E-state index >= 15 is 0 Å². The van der Waals surface area contributed by atoms with Gasteiger partial charge < -0.3 is 35.8 Å². The van der Waals surface area contributed by atoms with E-state index in [1.807, 2.05) is 81.5 Å². The van der Waals surface area contributed by atoms with Gasteiger partial charge in [-0.1, -0.05) is 36.3 Å². The number of para-hydroxylation sites is 2. The molecule has 0 spiro atoms. The minimum atomic E-state index is -0.710. The maximum atomic E-state index is 12.3. The van der Waals surface area contributed by atoms with E-state index in [1.165, 1.54) is 0 Å². The van der Waals surface area contributed by atoms with Crippen LogP contribution < -0.4 is 11.5 Å². The lowest BCUT2D eigenvalue weighted by Gasteiger charge is -2.33. The number of anilines is 2. The van der Waals surface area contributed by atoms with E-state index < -0.39 is 5.97 Å². The largest absolute Gasteiger partial charge is 0.481 e. The molecule has 2 amide bonds. The number of carbonyl (C=O) groups excluding carboxylic acids is 1. The predicted molar refractivity (Wildman–Crippen MR) is 235 cm³/mol. The molecule has 6 N–H and O–H groups in total. The zero-order valence-corrected chi connectivity index (χ0v) is 34.3. The third-order valence-corrected chi connectivity index (χ3v) is 12.2. The average molecular weight is 818 g/mol. The van der Waals surface area contributed by atoms with Gasteiger partial charge in [0.25, 0.3) is 0 Å². The molecule has 15 nitrogen and oxygen atoms in total. The number of imidazole rings is 2. The van der Waals surface area contributed by atoms with Crippen LogP contribution in [0.15, 0.2) is 77.7 Å². The number of nitrogen functional groups attached to an aromatic ring is 2. The van der Waals surface area contributed by atoms with Crippen LogP contribution in [0, 0.1) is 25.2 Å².